The van der Waals surface area contributed by atoms with Gasteiger partial charge >= 0.3 is 0 Å². The highest BCUT2D eigenvalue weighted by Gasteiger charge is 2.64. The summed E-state index contributed by atoms with van der Waals surface area (Å²) < 4.78 is 0. The predicted octanol–water partition coefficient (Wildman–Crippen LogP) is 0.00230. The van der Waals surface area contributed by atoms with Crippen LogP contribution in [0.15, 0.2) is 23.0 Å². The summed E-state index contributed by atoms with van der Waals surface area (Å²) in [6.07, 6.45) is 0.244. The number of hydrogen-bond donors (Lipinski definition) is 6. The highest BCUT2D eigenvalue weighted by Crippen LogP contribution is 2.54. The monoisotopic (exact) mass is 486 g/mol. The Hall–Kier alpha value is -3.57. The third kappa shape index (κ3) is 3.15. The van der Waals surface area contributed by atoms with Gasteiger partial charge in [-0.1, -0.05) is 0 Å². The van der Waals surface area contributed by atoms with E-state index in [2.05, 4.69) is 0 Å². The van der Waals surface area contributed by atoms with Gasteiger partial charge < -0.3 is 36.8 Å². The number of anilines is 2. The zero-order valence-corrected chi connectivity index (χ0v) is 20.0. The molecule has 1 amide bonds. The average molecular weight is 487 g/mol. The van der Waals surface area contributed by atoms with Crippen LogP contribution in [0.5, 0.6) is 5.75 Å². The van der Waals surface area contributed by atoms with E-state index in [1.54, 1.807) is 20.2 Å². The van der Waals surface area contributed by atoms with Crippen molar-refractivity contribution in [3.8, 4) is 5.75 Å². The van der Waals surface area contributed by atoms with Crippen LogP contribution in [0.3, 0.4) is 0 Å². The fraction of sp³-hybridized carbons (Fsp3) is 0.458. The largest absolute Gasteiger partial charge is 0.508 e. The lowest BCUT2D eigenvalue weighted by Gasteiger charge is -2.50. The number of nitrogens with zero attached hydrogens (tertiary/aromatic N) is 2. The number of aliphatic hydroxyl groups is 3. The molecular weight excluding hydrogens is 456 g/mol. The molecule has 0 saturated heterocycles. The number of phenols is 1. The Balaban J connectivity index is 2.00. The second kappa shape index (κ2) is 7.99. The van der Waals surface area contributed by atoms with E-state index in [1.165, 1.54) is 4.90 Å². The van der Waals surface area contributed by atoms with Gasteiger partial charge in [0.1, 0.15) is 22.8 Å². The SMILES string of the molecule is CCN(C)c1cc(N)c(O)c2c1CC1CC3[C@H](N(C)C)C(=O)C(C(N)=O)=C(O)C3(O)C(=O)C1=C2O. The molecule has 4 atom stereocenters. The summed E-state index contributed by atoms with van der Waals surface area (Å²) in [5.41, 5.74) is 8.82. The van der Waals surface area contributed by atoms with Crippen molar-refractivity contribution >= 4 is 34.6 Å². The lowest BCUT2D eigenvalue weighted by atomic mass is 9.57. The number of amides is 1. The first-order valence-corrected chi connectivity index (χ1v) is 11.3. The molecule has 8 N–H and O–H groups in total. The van der Waals surface area contributed by atoms with Crippen molar-refractivity contribution in [1.82, 2.24) is 4.90 Å². The molecule has 3 unspecified atom stereocenters. The molecular formula is C24H30N4O7. The maximum Gasteiger partial charge on any atom is 0.255 e. The topological polar surface area (TPSA) is 191 Å². The van der Waals surface area contributed by atoms with Crippen LogP contribution in [0.4, 0.5) is 11.4 Å². The van der Waals surface area contributed by atoms with E-state index >= 15 is 0 Å². The zero-order chi connectivity index (χ0) is 26.1. The molecule has 35 heavy (non-hydrogen) atoms. The number of likely N-dealkylation sites (N-methyl/N-ethyl adjacent to an activating group) is 1. The van der Waals surface area contributed by atoms with Crippen molar-refractivity contribution in [3.63, 3.8) is 0 Å². The summed E-state index contributed by atoms with van der Waals surface area (Å²) in [6.45, 7) is 2.52. The van der Waals surface area contributed by atoms with Gasteiger partial charge in [0.25, 0.3) is 5.91 Å². The van der Waals surface area contributed by atoms with Crippen molar-refractivity contribution in [2.24, 2.45) is 17.6 Å². The molecule has 1 aromatic rings. The van der Waals surface area contributed by atoms with Gasteiger partial charge in [-0.25, -0.2) is 0 Å². The number of aromatic hydroxyl groups is 1. The van der Waals surface area contributed by atoms with Crippen LogP contribution in [0.1, 0.15) is 24.5 Å². The molecule has 11 nitrogen and oxygen atoms in total. The maximum absolute atomic E-state index is 13.8. The number of fused-ring (bicyclic) bond motifs is 3. The Morgan fingerprint density at radius 2 is 1.83 bits per heavy atom. The van der Waals surface area contributed by atoms with E-state index < -0.39 is 63.8 Å². The molecule has 4 rings (SSSR count). The van der Waals surface area contributed by atoms with Gasteiger partial charge in [0.15, 0.2) is 11.4 Å². The smallest absolute Gasteiger partial charge is 0.255 e. The van der Waals surface area contributed by atoms with Crippen LogP contribution in [0, 0.1) is 11.8 Å². The van der Waals surface area contributed by atoms with Gasteiger partial charge in [-0.15, -0.1) is 0 Å². The van der Waals surface area contributed by atoms with E-state index in [9.17, 15) is 34.8 Å². The number of hydrogen-bond acceptors (Lipinski definition) is 10. The number of nitrogen functional groups attached to an aromatic ring is 1. The highest BCUT2D eigenvalue weighted by molar-refractivity contribution is 6.24. The van der Waals surface area contributed by atoms with Crippen LogP contribution in [-0.4, -0.2) is 82.1 Å². The molecule has 11 heteroatoms. The third-order valence-corrected chi connectivity index (χ3v) is 7.61. The number of primary amides is 1. The summed E-state index contributed by atoms with van der Waals surface area (Å²) in [4.78, 5) is 42.3. The second-order valence-electron chi connectivity index (χ2n) is 9.66. The van der Waals surface area contributed by atoms with Crippen LogP contribution in [0.2, 0.25) is 0 Å². The lowest BCUT2D eigenvalue weighted by molar-refractivity contribution is -0.153. The average Bonchev–Trinajstić information content (AvgIpc) is 2.77. The molecule has 1 saturated carbocycles. The van der Waals surface area contributed by atoms with Gasteiger partial charge in [0.2, 0.25) is 5.78 Å². The standard InChI is InChI=1S/C24H30N4O7/c1-5-28(4)13-8-12(25)18(29)15-10(13)6-9-7-11-17(27(2)3)20(31)16(23(26)34)22(33)24(11,35)21(32)14(9)19(15)30/h8-9,11,17,29-30,33,35H,5-7,25H2,1-4H3,(H2,26,34)/t9?,11?,17-,24?/m0/s1. The van der Waals surface area contributed by atoms with E-state index in [0.29, 0.717) is 17.8 Å². The first-order valence-electron chi connectivity index (χ1n) is 11.3. The first kappa shape index (κ1) is 24.6. The fourth-order valence-electron chi connectivity index (χ4n) is 5.82. The second-order valence-corrected chi connectivity index (χ2v) is 9.66. The summed E-state index contributed by atoms with van der Waals surface area (Å²) >= 11 is 0. The number of ketones is 2. The molecule has 3 aliphatic rings. The molecule has 0 bridgehead atoms. The van der Waals surface area contributed by atoms with Gasteiger partial charge in [0.05, 0.1) is 17.3 Å². The Morgan fingerprint density at radius 1 is 1.20 bits per heavy atom. The number of Topliss-reactive ketones (excluding diaryl/α,β-unsaturated/α-hetero) is 2. The minimum atomic E-state index is -2.66. The molecule has 0 heterocycles. The van der Waals surface area contributed by atoms with Crippen molar-refractivity contribution in [2.45, 2.75) is 31.4 Å². The van der Waals surface area contributed by atoms with Crippen molar-refractivity contribution in [1.29, 1.82) is 0 Å². The van der Waals surface area contributed by atoms with Crippen LogP contribution in [-0.2, 0) is 20.8 Å². The number of benzene rings is 1. The van der Waals surface area contributed by atoms with Gasteiger partial charge in [-0.05, 0) is 51.4 Å². The number of carbonyl (C=O) groups excluding carboxylic acids is 3. The molecule has 0 spiro atoms. The summed E-state index contributed by atoms with van der Waals surface area (Å²) in [5.74, 6) is -6.93. The van der Waals surface area contributed by atoms with E-state index in [1.807, 2.05) is 18.9 Å². The molecule has 0 aromatic heterocycles. The molecule has 0 aliphatic heterocycles. The van der Waals surface area contributed by atoms with Crippen molar-refractivity contribution in [2.75, 3.05) is 38.3 Å². The molecule has 188 valence electrons. The number of phenolic OH excluding ortho intramolecular Hbond substituents is 1. The Bertz CT molecular complexity index is 1230. The predicted molar refractivity (Wildman–Crippen MR) is 128 cm³/mol. The minimum absolute atomic E-state index is 0.000751. The van der Waals surface area contributed by atoms with Crippen molar-refractivity contribution < 1.29 is 34.8 Å². The zero-order valence-electron chi connectivity index (χ0n) is 20.0. The Labute approximate surface area is 201 Å². The van der Waals surface area contributed by atoms with Gasteiger partial charge in [-0.3, -0.25) is 19.3 Å². The summed E-state index contributed by atoms with van der Waals surface area (Å²) in [6, 6.07) is 0.474. The van der Waals surface area contributed by atoms with Crippen LogP contribution >= 0.6 is 0 Å². The maximum atomic E-state index is 13.8. The Morgan fingerprint density at radius 3 is 2.37 bits per heavy atom. The van der Waals surface area contributed by atoms with Crippen LogP contribution in [0.25, 0.3) is 5.76 Å². The van der Waals surface area contributed by atoms with E-state index in [0.717, 1.165) is 0 Å². The highest BCUT2D eigenvalue weighted by atomic mass is 16.3. The molecule has 1 aromatic carbocycles. The summed E-state index contributed by atoms with van der Waals surface area (Å²) in [5, 5.41) is 44.4. The lowest BCUT2D eigenvalue weighted by Crippen LogP contribution is -2.65. The Kier molecular flexibility index (Phi) is 5.61. The summed E-state index contributed by atoms with van der Waals surface area (Å²) in [7, 11) is 4.94. The molecule has 0 radical (unpaired) electrons. The fourth-order valence-corrected chi connectivity index (χ4v) is 5.82. The van der Waals surface area contributed by atoms with Crippen LogP contribution < -0.4 is 16.4 Å². The number of aliphatic hydroxyl groups excluding tert-OH is 2. The van der Waals surface area contributed by atoms with Gasteiger partial charge in [0, 0.05) is 30.8 Å². The van der Waals surface area contributed by atoms with E-state index in [4.69, 9.17) is 11.5 Å². The molecule has 1 fully saturated rings. The third-order valence-electron chi connectivity index (χ3n) is 7.61. The van der Waals surface area contributed by atoms with E-state index in [-0.39, 0.29) is 29.7 Å². The normalized spacial score (nSPS) is 28.1. The number of carbonyl (C=O) groups is 3. The quantitative estimate of drug-likeness (QED) is 0.192. The first-order chi connectivity index (χ1) is 16.3. The number of rotatable bonds is 4. The van der Waals surface area contributed by atoms with Gasteiger partial charge in [-0.2, -0.15) is 0 Å². The van der Waals surface area contributed by atoms with Crippen molar-refractivity contribution in [3.05, 3.63) is 34.1 Å². The number of nitrogens with two attached hydrogens (primary N) is 2. The molecule has 3 aliphatic carbocycles. The minimum Gasteiger partial charge on any atom is -0.508 e.